The molecule has 354 valence electrons. The highest BCUT2D eigenvalue weighted by Crippen LogP contribution is 2.16. The number of allylic oxidation sites excluding steroid dienone is 4. The van der Waals surface area contributed by atoms with E-state index in [0.717, 1.165) is 44.9 Å². The summed E-state index contributed by atoms with van der Waals surface area (Å²) in [6, 6.07) is 0. The Balaban J connectivity index is 4.16. The van der Waals surface area contributed by atoms with Gasteiger partial charge in [-0.05, 0) is 64.2 Å². The predicted octanol–water partition coefficient (Wildman–Crippen LogP) is 18.0. The van der Waals surface area contributed by atoms with Crippen LogP contribution >= 0.6 is 0 Å². The smallest absolute Gasteiger partial charge is 0.306 e. The number of hydrogen-bond donors (Lipinski definition) is 0. The molecular formula is C55H104O5. The molecule has 0 saturated heterocycles. The fourth-order valence-electron chi connectivity index (χ4n) is 7.90. The summed E-state index contributed by atoms with van der Waals surface area (Å²) in [5, 5.41) is 0. The van der Waals surface area contributed by atoms with Crippen LogP contribution in [0.25, 0.3) is 0 Å². The van der Waals surface area contributed by atoms with Crippen molar-refractivity contribution in [1.29, 1.82) is 0 Å². The molecule has 0 saturated carbocycles. The molecule has 0 heterocycles. The topological polar surface area (TPSA) is 61.8 Å². The van der Waals surface area contributed by atoms with Crippen LogP contribution in [0.2, 0.25) is 0 Å². The summed E-state index contributed by atoms with van der Waals surface area (Å²) in [7, 11) is 0. The number of esters is 2. The van der Waals surface area contributed by atoms with Crippen LogP contribution < -0.4 is 0 Å². The van der Waals surface area contributed by atoms with E-state index >= 15 is 0 Å². The van der Waals surface area contributed by atoms with Crippen LogP contribution in [0, 0.1) is 0 Å². The van der Waals surface area contributed by atoms with E-state index in [1.165, 1.54) is 212 Å². The summed E-state index contributed by atoms with van der Waals surface area (Å²) in [5.74, 6) is -0.394. The first kappa shape index (κ1) is 58.4. The normalized spacial score (nSPS) is 12.2. The van der Waals surface area contributed by atoms with Gasteiger partial charge < -0.3 is 14.2 Å². The highest BCUT2D eigenvalue weighted by atomic mass is 16.6. The van der Waals surface area contributed by atoms with Crippen LogP contribution in [-0.4, -0.2) is 37.9 Å². The predicted molar refractivity (Wildman–Crippen MR) is 261 cm³/mol. The Bertz CT molecular complexity index is 913. The number of carbonyl (C=O) groups excluding carboxylic acids is 2. The van der Waals surface area contributed by atoms with Gasteiger partial charge in [0.15, 0.2) is 6.10 Å². The maximum atomic E-state index is 12.8. The van der Waals surface area contributed by atoms with Gasteiger partial charge in [-0.1, -0.05) is 238 Å². The molecule has 1 atom stereocenters. The minimum absolute atomic E-state index is 0.0873. The lowest BCUT2D eigenvalue weighted by Gasteiger charge is -2.18. The SMILES string of the molecule is CCCC/C=C\CCCCCCCC(=O)OC(COCCCCCCCCCCCCCCCC)COC(=O)CCCCCCCCCCC/C=C\CCCCCCCC. The van der Waals surface area contributed by atoms with Crippen LogP contribution in [0.15, 0.2) is 24.3 Å². The van der Waals surface area contributed by atoms with Crippen molar-refractivity contribution in [2.24, 2.45) is 0 Å². The van der Waals surface area contributed by atoms with Crippen LogP contribution in [-0.2, 0) is 23.8 Å². The summed E-state index contributed by atoms with van der Waals surface area (Å²) >= 11 is 0. The molecule has 0 aromatic heterocycles. The third-order valence-corrected chi connectivity index (χ3v) is 12.0. The lowest BCUT2D eigenvalue weighted by Crippen LogP contribution is -2.30. The van der Waals surface area contributed by atoms with E-state index in [1.54, 1.807) is 0 Å². The fourth-order valence-corrected chi connectivity index (χ4v) is 7.90. The van der Waals surface area contributed by atoms with E-state index in [1.807, 2.05) is 0 Å². The Hall–Kier alpha value is -1.62. The third kappa shape index (κ3) is 49.0. The molecule has 0 amide bonds. The first-order valence-corrected chi connectivity index (χ1v) is 26.9. The van der Waals surface area contributed by atoms with Crippen LogP contribution in [0.4, 0.5) is 0 Å². The van der Waals surface area contributed by atoms with Gasteiger partial charge in [-0.15, -0.1) is 0 Å². The molecule has 0 aliphatic heterocycles. The number of hydrogen-bond acceptors (Lipinski definition) is 5. The van der Waals surface area contributed by atoms with Gasteiger partial charge in [0.25, 0.3) is 0 Å². The van der Waals surface area contributed by atoms with Crippen molar-refractivity contribution in [3.63, 3.8) is 0 Å². The summed E-state index contributed by atoms with van der Waals surface area (Å²) in [6.07, 6.45) is 60.4. The third-order valence-electron chi connectivity index (χ3n) is 12.0. The second kappa shape index (κ2) is 51.7. The molecule has 5 heteroatoms. The number of carbonyl (C=O) groups is 2. The molecule has 0 aromatic carbocycles. The molecule has 0 spiro atoms. The average Bonchev–Trinajstić information content (AvgIpc) is 3.25. The summed E-state index contributed by atoms with van der Waals surface area (Å²) in [5.41, 5.74) is 0. The Morgan fingerprint density at radius 2 is 0.667 bits per heavy atom. The molecule has 0 fully saturated rings. The van der Waals surface area contributed by atoms with E-state index in [0.29, 0.717) is 26.1 Å². The Morgan fingerprint density at radius 1 is 0.350 bits per heavy atom. The zero-order valence-electron chi connectivity index (χ0n) is 40.7. The second-order valence-corrected chi connectivity index (χ2v) is 18.1. The Labute approximate surface area is 375 Å². The standard InChI is InChI=1S/C55H104O5/c1-4-7-10-13-16-19-22-24-26-27-28-29-30-31-34-36-39-42-45-48-54(56)59-52-53(60-55(57)49-46-43-40-37-33-21-18-15-12-9-6-3)51-58-50-47-44-41-38-35-32-25-23-20-17-14-11-8-5-2/h15,18,24,26,53H,4-14,16-17,19-23,25,27-52H2,1-3H3/b18-15-,26-24-. The van der Waals surface area contributed by atoms with Gasteiger partial charge >= 0.3 is 11.9 Å². The van der Waals surface area contributed by atoms with Gasteiger partial charge in [0.1, 0.15) is 6.61 Å². The maximum Gasteiger partial charge on any atom is 0.306 e. The van der Waals surface area contributed by atoms with E-state index in [4.69, 9.17) is 14.2 Å². The van der Waals surface area contributed by atoms with Crippen LogP contribution in [0.1, 0.15) is 290 Å². The number of rotatable bonds is 50. The van der Waals surface area contributed by atoms with Crippen molar-refractivity contribution in [3.05, 3.63) is 24.3 Å². The van der Waals surface area contributed by atoms with Gasteiger partial charge in [0.05, 0.1) is 6.61 Å². The highest BCUT2D eigenvalue weighted by Gasteiger charge is 2.17. The zero-order valence-corrected chi connectivity index (χ0v) is 40.7. The molecule has 0 aromatic rings. The summed E-state index contributed by atoms with van der Waals surface area (Å²) in [4.78, 5) is 25.4. The summed E-state index contributed by atoms with van der Waals surface area (Å²) < 4.78 is 17.4. The molecule has 1 unspecified atom stereocenters. The zero-order chi connectivity index (χ0) is 43.5. The van der Waals surface area contributed by atoms with Gasteiger partial charge in [0.2, 0.25) is 0 Å². The first-order chi connectivity index (χ1) is 29.6. The van der Waals surface area contributed by atoms with Gasteiger partial charge in [-0.2, -0.15) is 0 Å². The molecule has 0 bridgehead atoms. The molecule has 0 N–H and O–H groups in total. The minimum Gasteiger partial charge on any atom is -0.462 e. The van der Waals surface area contributed by atoms with E-state index in [-0.39, 0.29) is 18.5 Å². The van der Waals surface area contributed by atoms with Crippen molar-refractivity contribution >= 4 is 11.9 Å². The van der Waals surface area contributed by atoms with Gasteiger partial charge in [0, 0.05) is 19.4 Å². The van der Waals surface area contributed by atoms with Crippen molar-refractivity contribution in [2.45, 2.75) is 297 Å². The quantitative estimate of drug-likeness (QED) is 0.0347. The van der Waals surface area contributed by atoms with Gasteiger partial charge in [-0.25, -0.2) is 0 Å². The molecule has 0 aliphatic rings. The van der Waals surface area contributed by atoms with Crippen molar-refractivity contribution in [3.8, 4) is 0 Å². The van der Waals surface area contributed by atoms with Crippen molar-refractivity contribution < 1.29 is 23.8 Å². The van der Waals surface area contributed by atoms with Crippen molar-refractivity contribution in [2.75, 3.05) is 19.8 Å². The molecule has 60 heavy (non-hydrogen) atoms. The molecule has 0 radical (unpaired) electrons. The summed E-state index contributed by atoms with van der Waals surface area (Å²) in [6.45, 7) is 7.83. The van der Waals surface area contributed by atoms with E-state index in [2.05, 4.69) is 45.1 Å². The second-order valence-electron chi connectivity index (χ2n) is 18.1. The molecule has 5 nitrogen and oxygen atoms in total. The van der Waals surface area contributed by atoms with Gasteiger partial charge in [-0.3, -0.25) is 9.59 Å². The first-order valence-electron chi connectivity index (χ1n) is 26.9. The average molecular weight is 845 g/mol. The molecule has 0 aliphatic carbocycles. The highest BCUT2D eigenvalue weighted by molar-refractivity contribution is 5.70. The molecule has 0 rings (SSSR count). The monoisotopic (exact) mass is 845 g/mol. The largest absolute Gasteiger partial charge is 0.462 e. The van der Waals surface area contributed by atoms with Crippen LogP contribution in [0.3, 0.4) is 0 Å². The minimum atomic E-state index is -0.534. The van der Waals surface area contributed by atoms with Crippen LogP contribution in [0.5, 0.6) is 0 Å². The lowest BCUT2D eigenvalue weighted by molar-refractivity contribution is -0.163. The Kier molecular flexibility index (Phi) is 50.3. The van der Waals surface area contributed by atoms with Crippen molar-refractivity contribution in [1.82, 2.24) is 0 Å². The fraction of sp³-hybridized carbons (Fsp3) is 0.891. The lowest BCUT2D eigenvalue weighted by atomic mass is 10.0. The maximum absolute atomic E-state index is 12.8. The number of unbranched alkanes of at least 4 members (excludes halogenated alkanes) is 35. The molecular weight excluding hydrogens is 741 g/mol. The number of ether oxygens (including phenoxy) is 3. The Morgan fingerprint density at radius 3 is 1.07 bits per heavy atom. The van der Waals surface area contributed by atoms with E-state index in [9.17, 15) is 9.59 Å². The van der Waals surface area contributed by atoms with E-state index < -0.39 is 6.10 Å².